The molecule has 0 atom stereocenters. The largest absolute Gasteiger partial charge is 0.494 e. The summed E-state index contributed by atoms with van der Waals surface area (Å²) >= 11 is 0. The third kappa shape index (κ3) is 4.75. The van der Waals surface area contributed by atoms with Gasteiger partial charge in [0.15, 0.2) is 0 Å². The minimum atomic E-state index is -0.363. The molecule has 1 heterocycles. The van der Waals surface area contributed by atoms with Crippen molar-refractivity contribution in [3.8, 4) is 5.75 Å². The van der Waals surface area contributed by atoms with Gasteiger partial charge in [0.2, 0.25) is 5.91 Å². The van der Waals surface area contributed by atoms with Gasteiger partial charge < -0.3 is 20.3 Å². The number of nitrogens with one attached hydrogen (secondary N) is 2. The van der Waals surface area contributed by atoms with Crippen molar-refractivity contribution in [2.75, 3.05) is 30.4 Å². The SMILES string of the molecule is COc1cc(NC(=O)NCCc2cccc(F)c2)ccc1N1CCCC1=O. The number of amides is 3. The summed E-state index contributed by atoms with van der Waals surface area (Å²) in [6.45, 7) is 1.05. The molecule has 0 spiro atoms. The Balaban J connectivity index is 1.56. The first kappa shape index (κ1) is 18.7. The first-order chi connectivity index (χ1) is 13.1. The van der Waals surface area contributed by atoms with E-state index >= 15 is 0 Å². The van der Waals surface area contributed by atoms with Crippen molar-refractivity contribution in [2.24, 2.45) is 0 Å². The van der Waals surface area contributed by atoms with Gasteiger partial charge in [-0.15, -0.1) is 0 Å². The highest BCUT2D eigenvalue weighted by molar-refractivity contribution is 5.97. The third-order valence-corrected chi connectivity index (χ3v) is 4.39. The van der Waals surface area contributed by atoms with Gasteiger partial charge in [-0.3, -0.25) is 4.79 Å². The predicted octanol–water partition coefficient (Wildman–Crippen LogP) is 3.33. The predicted molar refractivity (Wildman–Crippen MR) is 102 cm³/mol. The molecule has 3 amide bonds. The van der Waals surface area contributed by atoms with Crippen molar-refractivity contribution in [1.29, 1.82) is 0 Å². The first-order valence-corrected chi connectivity index (χ1v) is 8.84. The van der Waals surface area contributed by atoms with Crippen LogP contribution in [0.2, 0.25) is 0 Å². The Hall–Kier alpha value is -3.09. The smallest absolute Gasteiger partial charge is 0.319 e. The Morgan fingerprint density at radius 2 is 2.11 bits per heavy atom. The number of benzene rings is 2. The Kier molecular flexibility index (Phi) is 5.90. The third-order valence-electron chi connectivity index (χ3n) is 4.39. The molecule has 1 aliphatic rings. The van der Waals surface area contributed by atoms with Gasteiger partial charge in [0.05, 0.1) is 12.8 Å². The second-order valence-corrected chi connectivity index (χ2v) is 6.30. The topological polar surface area (TPSA) is 70.7 Å². The van der Waals surface area contributed by atoms with Crippen LogP contribution in [0.5, 0.6) is 5.75 Å². The van der Waals surface area contributed by atoms with E-state index in [0.717, 1.165) is 12.0 Å². The molecule has 142 valence electrons. The maximum absolute atomic E-state index is 13.1. The van der Waals surface area contributed by atoms with Gasteiger partial charge in [-0.1, -0.05) is 12.1 Å². The van der Waals surface area contributed by atoms with E-state index in [1.807, 2.05) is 6.07 Å². The Bertz CT molecular complexity index is 841. The van der Waals surface area contributed by atoms with Crippen LogP contribution in [0, 0.1) is 5.82 Å². The van der Waals surface area contributed by atoms with E-state index < -0.39 is 0 Å². The Morgan fingerprint density at radius 1 is 1.26 bits per heavy atom. The van der Waals surface area contributed by atoms with Crippen LogP contribution in [0.15, 0.2) is 42.5 Å². The van der Waals surface area contributed by atoms with Crippen molar-refractivity contribution in [1.82, 2.24) is 5.32 Å². The molecule has 6 nitrogen and oxygen atoms in total. The van der Waals surface area contributed by atoms with E-state index in [2.05, 4.69) is 10.6 Å². The van der Waals surface area contributed by atoms with Crippen molar-refractivity contribution >= 4 is 23.3 Å². The zero-order valence-electron chi connectivity index (χ0n) is 15.1. The number of methoxy groups -OCH3 is 1. The zero-order chi connectivity index (χ0) is 19.2. The lowest BCUT2D eigenvalue weighted by atomic mass is 10.1. The summed E-state index contributed by atoms with van der Waals surface area (Å²) in [7, 11) is 1.53. The quantitative estimate of drug-likeness (QED) is 0.818. The van der Waals surface area contributed by atoms with Crippen LogP contribution in [0.3, 0.4) is 0 Å². The minimum Gasteiger partial charge on any atom is -0.494 e. The summed E-state index contributed by atoms with van der Waals surface area (Å²) in [6, 6.07) is 11.1. The van der Waals surface area contributed by atoms with Crippen LogP contribution in [-0.4, -0.2) is 32.1 Å². The normalized spacial score (nSPS) is 13.6. The average molecular weight is 371 g/mol. The van der Waals surface area contributed by atoms with Crippen molar-refractivity contribution in [2.45, 2.75) is 19.3 Å². The molecule has 1 fully saturated rings. The van der Waals surface area contributed by atoms with Crippen LogP contribution in [0.4, 0.5) is 20.6 Å². The van der Waals surface area contributed by atoms with Crippen LogP contribution in [0.25, 0.3) is 0 Å². The first-order valence-electron chi connectivity index (χ1n) is 8.84. The molecule has 1 aliphatic heterocycles. The summed E-state index contributed by atoms with van der Waals surface area (Å²) in [6.07, 6.45) is 1.90. The molecule has 1 saturated heterocycles. The summed E-state index contributed by atoms with van der Waals surface area (Å²) in [4.78, 5) is 25.7. The second kappa shape index (κ2) is 8.53. The number of anilines is 2. The lowest BCUT2D eigenvalue weighted by Crippen LogP contribution is -2.30. The molecule has 2 aromatic carbocycles. The van der Waals surface area contributed by atoms with Crippen molar-refractivity contribution in [3.05, 3.63) is 53.8 Å². The monoisotopic (exact) mass is 371 g/mol. The Labute approximate surface area is 157 Å². The minimum absolute atomic E-state index is 0.0732. The molecule has 0 aliphatic carbocycles. The average Bonchev–Trinajstić information content (AvgIpc) is 3.07. The van der Waals surface area contributed by atoms with Crippen molar-refractivity contribution < 1.29 is 18.7 Å². The highest BCUT2D eigenvalue weighted by atomic mass is 19.1. The number of carbonyl (C=O) groups excluding carboxylic acids is 2. The summed E-state index contributed by atoms with van der Waals surface area (Å²) in [5, 5.41) is 5.47. The molecule has 7 heteroatoms. The highest BCUT2D eigenvalue weighted by Crippen LogP contribution is 2.33. The molecular formula is C20H22FN3O3. The summed E-state index contributed by atoms with van der Waals surface area (Å²) < 4.78 is 18.5. The summed E-state index contributed by atoms with van der Waals surface area (Å²) in [5.41, 5.74) is 2.08. The number of hydrogen-bond acceptors (Lipinski definition) is 3. The molecule has 3 rings (SSSR count). The fourth-order valence-corrected chi connectivity index (χ4v) is 3.07. The Morgan fingerprint density at radius 3 is 2.81 bits per heavy atom. The molecule has 0 radical (unpaired) electrons. The molecule has 0 aromatic heterocycles. The number of hydrogen-bond donors (Lipinski definition) is 2. The molecule has 0 unspecified atom stereocenters. The molecule has 27 heavy (non-hydrogen) atoms. The number of carbonyl (C=O) groups is 2. The van der Waals surface area contributed by atoms with Crippen LogP contribution in [0.1, 0.15) is 18.4 Å². The number of halogens is 1. The zero-order valence-corrected chi connectivity index (χ0v) is 15.1. The van der Waals surface area contributed by atoms with E-state index in [1.54, 1.807) is 29.2 Å². The standard InChI is InChI=1S/C20H22FN3O3/c1-27-18-13-16(7-8-17(18)24-11-3-6-19(24)25)23-20(26)22-10-9-14-4-2-5-15(21)12-14/h2,4-5,7-8,12-13H,3,6,9-11H2,1H3,(H2,22,23,26). The molecule has 2 aromatic rings. The van der Waals surface area contributed by atoms with E-state index in [4.69, 9.17) is 4.74 Å². The van der Waals surface area contributed by atoms with E-state index in [0.29, 0.717) is 43.1 Å². The van der Waals surface area contributed by atoms with E-state index in [9.17, 15) is 14.0 Å². The van der Waals surface area contributed by atoms with Gasteiger partial charge in [0.25, 0.3) is 0 Å². The number of urea groups is 1. The maximum atomic E-state index is 13.1. The molecule has 2 N–H and O–H groups in total. The number of rotatable bonds is 6. The van der Waals surface area contributed by atoms with E-state index in [-0.39, 0.29) is 17.8 Å². The highest BCUT2D eigenvalue weighted by Gasteiger charge is 2.24. The number of ether oxygens (including phenoxy) is 1. The lowest BCUT2D eigenvalue weighted by Gasteiger charge is -2.19. The van der Waals surface area contributed by atoms with Gasteiger partial charge in [0, 0.05) is 31.3 Å². The molecule has 0 saturated carbocycles. The van der Waals surface area contributed by atoms with Crippen molar-refractivity contribution in [3.63, 3.8) is 0 Å². The van der Waals surface area contributed by atoms with Gasteiger partial charge in [-0.05, 0) is 42.7 Å². The summed E-state index contributed by atoms with van der Waals surface area (Å²) in [5.74, 6) is 0.313. The van der Waals surface area contributed by atoms with Crippen LogP contribution in [-0.2, 0) is 11.2 Å². The molecular weight excluding hydrogens is 349 g/mol. The van der Waals surface area contributed by atoms with Gasteiger partial charge in [0.1, 0.15) is 11.6 Å². The van der Waals surface area contributed by atoms with Crippen LogP contribution >= 0.6 is 0 Å². The maximum Gasteiger partial charge on any atom is 0.319 e. The van der Waals surface area contributed by atoms with Gasteiger partial charge >= 0.3 is 6.03 Å². The van der Waals surface area contributed by atoms with Gasteiger partial charge in [-0.25, -0.2) is 9.18 Å². The molecule has 0 bridgehead atoms. The number of nitrogens with zero attached hydrogens (tertiary/aromatic N) is 1. The lowest BCUT2D eigenvalue weighted by molar-refractivity contribution is -0.117. The van der Waals surface area contributed by atoms with Crippen LogP contribution < -0.4 is 20.3 Å². The fourth-order valence-electron chi connectivity index (χ4n) is 3.07. The second-order valence-electron chi connectivity index (χ2n) is 6.30. The van der Waals surface area contributed by atoms with E-state index in [1.165, 1.54) is 19.2 Å². The fraction of sp³-hybridized carbons (Fsp3) is 0.300. The van der Waals surface area contributed by atoms with Gasteiger partial charge in [-0.2, -0.15) is 0 Å².